The second kappa shape index (κ2) is 6.93. The van der Waals surface area contributed by atoms with Crippen molar-refractivity contribution in [1.82, 2.24) is 0 Å². The summed E-state index contributed by atoms with van der Waals surface area (Å²) in [6, 6.07) is 18.9. The highest BCUT2D eigenvalue weighted by Crippen LogP contribution is 2.24. The summed E-state index contributed by atoms with van der Waals surface area (Å²) in [6.45, 7) is 1.88. The molecule has 1 N–H and O–H groups in total. The topological polar surface area (TPSA) is 46.5 Å². The molecule has 4 heteroatoms. The highest BCUT2D eigenvalue weighted by molar-refractivity contribution is 6.31. The number of hydrogen-bond acceptors (Lipinski definition) is 2. The fraction of sp³-hybridized carbons (Fsp3) is 0.150. The first-order valence-electron chi connectivity index (χ1n) is 7.67. The number of carboxylic acid groups (broad SMARTS) is 1. The SMILES string of the molecule is Cc1c(Cl)cccc1C[C@H](Oc1ccc2ccccc2c1)C(=O)O. The van der Waals surface area contributed by atoms with E-state index in [1.807, 2.05) is 55.5 Å². The number of hydrogen-bond donors (Lipinski definition) is 1. The molecule has 0 unspecified atom stereocenters. The molecule has 3 aromatic rings. The molecule has 0 amide bonds. The van der Waals surface area contributed by atoms with Gasteiger partial charge < -0.3 is 9.84 Å². The fourth-order valence-electron chi connectivity index (χ4n) is 2.66. The zero-order valence-electron chi connectivity index (χ0n) is 13.2. The Hall–Kier alpha value is -2.52. The van der Waals surface area contributed by atoms with Crippen LogP contribution in [0.3, 0.4) is 0 Å². The molecule has 0 aliphatic heterocycles. The van der Waals surface area contributed by atoms with Crippen molar-refractivity contribution in [3.8, 4) is 5.75 Å². The van der Waals surface area contributed by atoms with Crippen molar-refractivity contribution in [2.24, 2.45) is 0 Å². The maximum atomic E-state index is 11.6. The third-order valence-corrected chi connectivity index (χ3v) is 4.47. The zero-order valence-corrected chi connectivity index (χ0v) is 14.0. The van der Waals surface area contributed by atoms with Gasteiger partial charge in [0, 0.05) is 11.4 Å². The fourth-order valence-corrected chi connectivity index (χ4v) is 2.85. The molecular formula is C20H17ClO3. The summed E-state index contributed by atoms with van der Waals surface area (Å²) < 4.78 is 5.74. The number of fused-ring (bicyclic) bond motifs is 1. The first-order valence-corrected chi connectivity index (χ1v) is 8.04. The highest BCUT2D eigenvalue weighted by Gasteiger charge is 2.21. The lowest BCUT2D eigenvalue weighted by Crippen LogP contribution is -2.29. The van der Waals surface area contributed by atoms with Crippen LogP contribution in [0.25, 0.3) is 10.8 Å². The van der Waals surface area contributed by atoms with Gasteiger partial charge in [-0.05, 0) is 47.0 Å². The lowest BCUT2D eigenvalue weighted by atomic mass is 10.0. The Bertz CT molecular complexity index is 889. The van der Waals surface area contributed by atoms with Crippen LogP contribution in [-0.4, -0.2) is 17.2 Å². The predicted molar refractivity (Wildman–Crippen MR) is 95.9 cm³/mol. The third-order valence-electron chi connectivity index (χ3n) is 4.06. The first-order chi connectivity index (χ1) is 11.5. The summed E-state index contributed by atoms with van der Waals surface area (Å²) >= 11 is 6.11. The second-order valence-electron chi connectivity index (χ2n) is 5.68. The standard InChI is InChI=1S/C20H17ClO3/c1-13-15(7-4-8-18(13)21)12-19(20(22)23)24-17-10-9-14-5-2-3-6-16(14)11-17/h2-11,19H,12H2,1H3,(H,22,23)/t19-/m0/s1. The molecule has 0 fully saturated rings. The Labute approximate surface area is 145 Å². The van der Waals surface area contributed by atoms with E-state index in [4.69, 9.17) is 16.3 Å². The Morgan fingerprint density at radius 1 is 1.08 bits per heavy atom. The number of ether oxygens (including phenoxy) is 1. The molecule has 0 aromatic heterocycles. The molecule has 1 atom stereocenters. The summed E-state index contributed by atoms with van der Waals surface area (Å²) in [5.74, 6) is -0.455. The zero-order chi connectivity index (χ0) is 17.1. The normalized spacial score (nSPS) is 12.1. The van der Waals surface area contributed by atoms with E-state index in [0.29, 0.717) is 10.8 Å². The molecule has 0 bridgehead atoms. The smallest absolute Gasteiger partial charge is 0.345 e. The van der Waals surface area contributed by atoms with Crippen molar-refractivity contribution in [1.29, 1.82) is 0 Å². The van der Waals surface area contributed by atoms with Crippen LogP contribution in [0.2, 0.25) is 5.02 Å². The van der Waals surface area contributed by atoms with Gasteiger partial charge in [-0.15, -0.1) is 0 Å². The largest absolute Gasteiger partial charge is 0.478 e. The molecule has 0 saturated heterocycles. The molecule has 24 heavy (non-hydrogen) atoms. The average Bonchev–Trinajstić information content (AvgIpc) is 2.58. The molecule has 0 heterocycles. The van der Waals surface area contributed by atoms with E-state index in [2.05, 4.69) is 0 Å². The quantitative estimate of drug-likeness (QED) is 0.720. The van der Waals surface area contributed by atoms with Crippen LogP contribution >= 0.6 is 11.6 Å². The number of aliphatic carboxylic acids is 1. The second-order valence-corrected chi connectivity index (χ2v) is 6.09. The van der Waals surface area contributed by atoms with E-state index >= 15 is 0 Å². The molecule has 122 valence electrons. The van der Waals surface area contributed by atoms with Crippen LogP contribution in [0.4, 0.5) is 0 Å². The van der Waals surface area contributed by atoms with E-state index in [1.165, 1.54) is 0 Å². The Balaban J connectivity index is 1.85. The Morgan fingerprint density at radius 2 is 1.83 bits per heavy atom. The van der Waals surface area contributed by atoms with Crippen molar-refractivity contribution in [3.05, 3.63) is 76.8 Å². The lowest BCUT2D eigenvalue weighted by Gasteiger charge is -2.17. The van der Waals surface area contributed by atoms with E-state index < -0.39 is 12.1 Å². The summed E-state index contributed by atoms with van der Waals surface area (Å²) in [5.41, 5.74) is 1.75. The minimum absolute atomic E-state index is 0.258. The van der Waals surface area contributed by atoms with Gasteiger partial charge in [-0.1, -0.05) is 54.1 Å². The average molecular weight is 341 g/mol. The van der Waals surface area contributed by atoms with Gasteiger partial charge in [0.2, 0.25) is 0 Å². The van der Waals surface area contributed by atoms with Gasteiger partial charge in [-0.2, -0.15) is 0 Å². The highest BCUT2D eigenvalue weighted by atomic mass is 35.5. The van der Waals surface area contributed by atoms with Crippen LogP contribution in [-0.2, 0) is 11.2 Å². The van der Waals surface area contributed by atoms with Gasteiger partial charge in [-0.25, -0.2) is 4.79 Å². The molecule has 3 aromatic carbocycles. The van der Waals surface area contributed by atoms with Crippen LogP contribution in [0, 0.1) is 6.92 Å². The van der Waals surface area contributed by atoms with Crippen LogP contribution < -0.4 is 4.74 Å². The number of benzene rings is 3. The Kier molecular flexibility index (Phi) is 4.72. The van der Waals surface area contributed by atoms with Gasteiger partial charge in [0.05, 0.1) is 0 Å². The molecule has 0 aliphatic rings. The number of carboxylic acids is 1. The van der Waals surface area contributed by atoms with E-state index in [9.17, 15) is 9.90 Å². The van der Waals surface area contributed by atoms with Crippen molar-refractivity contribution < 1.29 is 14.6 Å². The van der Waals surface area contributed by atoms with E-state index in [0.717, 1.165) is 21.9 Å². The van der Waals surface area contributed by atoms with Gasteiger partial charge in [0.25, 0.3) is 0 Å². The maximum absolute atomic E-state index is 11.6. The third kappa shape index (κ3) is 3.52. The van der Waals surface area contributed by atoms with Gasteiger partial charge >= 0.3 is 5.97 Å². The van der Waals surface area contributed by atoms with Gasteiger partial charge in [0.1, 0.15) is 5.75 Å². The molecular weight excluding hydrogens is 324 g/mol. The predicted octanol–water partition coefficient (Wildman–Crippen LogP) is 4.88. The van der Waals surface area contributed by atoms with Crippen LogP contribution in [0.15, 0.2) is 60.7 Å². The molecule has 0 saturated carbocycles. The van der Waals surface area contributed by atoms with Crippen molar-refractivity contribution in [2.45, 2.75) is 19.4 Å². The number of carbonyl (C=O) groups is 1. The molecule has 3 nitrogen and oxygen atoms in total. The summed E-state index contributed by atoms with van der Waals surface area (Å²) in [4.78, 5) is 11.6. The maximum Gasteiger partial charge on any atom is 0.345 e. The minimum Gasteiger partial charge on any atom is -0.478 e. The molecule has 0 spiro atoms. The van der Waals surface area contributed by atoms with E-state index in [-0.39, 0.29) is 6.42 Å². The molecule has 0 radical (unpaired) electrons. The van der Waals surface area contributed by atoms with Crippen LogP contribution in [0.5, 0.6) is 5.75 Å². The first kappa shape index (κ1) is 16.3. The van der Waals surface area contributed by atoms with Crippen molar-refractivity contribution >= 4 is 28.3 Å². The number of halogens is 1. The van der Waals surface area contributed by atoms with Crippen molar-refractivity contribution in [3.63, 3.8) is 0 Å². The monoisotopic (exact) mass is 340 g/mol. The lowest BCUT2D eigenvalue weighted by molar-refractivity contribution is -0.145. The van der Waals surface area contributed by atoms with Gasteiger partial charge in [-0.3, -0.25) is 0 Å². The minimum atomic E-state index is -0.998. The number of rotatable bonds is 5. The summed E-state index contributed by atoms with van der Waals surface area (Å²) in [6.07, 6.45) is -0.711. The summed E-state index contributed by atoms with van der Waals surface area (Å²) in [7, 11) is 0. The van der Waals surface area contributed by atoms with Crippen LogP contribution in [0.1, 0.15) is 11.1 Å². The molecule has 3 rings (SSSR count). The van der Waals surface area contributed by atoms with Gasteiger partial charge in [0.15, 0.2) is 6.10 Å². The Morgan fingerprint density at radius 3 is 2.58 bits per heavy atom. The molecule has 0 aliphatic carbocycles. The van der Waals surface area contributed by atoms with Crippen molar-refractivity contribution in [2.75, 3.05) is 0 Å². The summed E-state index contributed by atoms with van der Waals surface area (Å²) in [5, 5.41) is 12.2. The van der Waals surface area contributed by atoms with E-state index in [1.54, 1.807) is 12.1 Å².